The number of hydrogen-bond acceptors (Lipinski definition) is 5. The van der Waals surface area contributed by atoms with E-state index in [1.807, 2.05) is 19.2 Å². The maximum atomic E-state index is 11.5. The minimum absolute atomic E-state index is 0.354. The molecule has 1 aliphatic heterocycles. The molecule has 28 heavy (non-hydrogen) atoms. The first-order chi connectivity index (χ1) is 13.5. The summed E-state index contributed by atoms with van der Waals surface area (Å²) in [5, 5.41) is 0. The number of rotatable bonds is 8. The highest BCUT2D eigenvalue weighted by molar-refractivity contribution is 5.33. The number of benzene rings is 1. The third-order valence-electron chi connectivity index (χ3n) is 5.32. The molecule has 2 heterocycles. The van der Waals surface area contributed by atoms with Crippen LogP contribution in [0, 0.1) is 5.92 Å². The summed E-state index contributed by atoms with van der Waals surface area (Å²) in [5.41, 5.74) is 1.10. The van der Waals surface area contributed by atoms with Gasteiger partial charge in [0.15, 0.2) is 0 Å². The van der Waals surface area contributed by atoms with Crippen molar-refractivity contribution in [3.8, 4) is 5.75 Å². The first kappa shape index (κ1) is 20.4. The Kier molecular flexibility index (Phi) is 7.06. The lowest BCUT2D eigenvalue weighted by Gasteiger charge is -2.34. The van der Waals surface area contributed by atoms with Crippen LogP contribution in [0.1, 0.15) is 24.1 Å². The minimum atomic E-state index is -0.448. The third-order valence-corrected chi connectivity index (χ3v) is 5.32. The second-order valence-electron chi connectivity index (χ2n) is 7.68. The van der Waals surface area contributed by atoms with Crippen molar-refractivity contribution >= 4 is 0 Å². The smallest absolute Gasteiger partial charge is 0.325 e. The molecule has 1 aromatic carbocycles. The van der Waals surface area contributed by atoms with Crippen molar-refractivity contribution in [2.45, 2.75) is 25.8 Å². The molecule has 1 saturated heterocycles. The van der Waals surface area contributed by atoms with Gasteiger partial charge in [0.05, 0.1) is 7.11 Å². The Bertz CT molecular complexity index is 848. The number of likely N-dealkylation sites (tertiary alicyclic amines) is 1. The fourth-order valence-electron chi connectivity index (χ4n) is 4.09. The lowest BCUT2D eigenvalue weighted by atomic mass is 9.97. The highest BCUT2D eigenvalue weighted by Gasteiger charge is 2.21. The van der Waals surface area contributed by atoms with E-state index in [0.29, 0.717) is 18.2 Å². The fraction of sp³-hybridized carbons (Fsp3) is 0.524. The van der Waals surface area contributed by atoms with Gasteiger partial charge in [-0.3, -0.25) is 9.78 Å². The Labute approximate surface area is 165 Å². The van der Waals surface area contributed by atoms with Gasteiger partial charge >= 0.3 is 5.69 Å². The van der Waals surface area contributed by atoms with Gasteiger partial charge in [0.25, 0.3) is 5.56 Å². The van der Waals surface area contributed by atoms with Gasteiger partial charge in [0, 0.05) is 37.9 Å². The number of aromatic nitrogens is 2. The van der Waals surface area contributed by atoms with Crippen LogP contribution in [0.25, 0.3) is 0 Å². The molecule has 7 nitrogen and oxygen atoms in total. The molecule has 152 valence electrons. The quantitative estimate of drug-likeness (QED) is 0.718. The molecule has 0 saturated carbocycles. The van der Waals surface area contributed by atoms with Gasteiger partial charge < -0.3 is 19.5 Å². The normalized spacial score (nSPS) is 17.8. The summed E-state index contributed by atoms with van der Waals surface area (Å²) in [7, 11) is 3.76. The van der Waals surface area contributed by atoms with Gasteiger partial charge in [-0.1, -0.05) is 18.2 Å². The molecule has 0 spiro atoms. The number of H-pyrrole nitrogens is 2. The largest absolute Gasteiger partial charge is 0.496 e. The van der Waals surface area contributed by atoms with Crippen molar-refractivity contribution in [2.24, 2.45) is 5.92 Å². The molecule has 0 radical (unpaired) electrons. The second kappa shape index (κ2) is 9.71. The van der Waals surface area contributed by atoms with Crippen molar-refractivity contribution < 1.29 is 4.74 Å². The molecule has 1 fully saturated rings. The molecule has 0 amide bonds. The van der Waals surface area contributed by atoms with E-state index in [1.165, 1.54) is 24.5 Å². The zero-order valence-electron chi connectivity index (χ0n) is 16.7. The van der Waals surface area contributed by atoms with E-state index < -0.39 is 5.69 Å². The standard InChI is InChI=1S/C21H30N4O3/c1-24(15-18-12-20(26)23-21(27)22-18)13-16-6-5-10-25(14-16)11-9-17-7-3-4-8-19(17)28-2/h3-4,7-8,12,16H,5-6,9-11,13-15H2,1-2H3,(H2,22,23,26,27). The lowest BCUT2D eigenvalue weighted by Crippen LogP contribution is -2.41. The number of ether oxygens (including phenoxy) is 1. The maximum Gasteiger partial charge on any atom is 0.325 e. The number of nitrogens with zero attached hydrogens (tertiary/aromatic N) is 2. The van der Waals surface area contributed by atoms with E-state index in [-0.39, 0.29) is 5.56 Å². The van der Waals surface area contributed by atoms with E-state index in [0.717, 1.165) is 38.3 Å². The van der Waals surface area contributed by atoms with Gasteiger partial charge in [-0.25, -0.2) is 4.79 Å². The third kappa shape index (κ3) is 5.81. The zero-order valence-corrected chi connectivity index (χ0v) is 16.7. The number of para-hydroxylation sites is 1. The van der Waals surface area contributed by atoms with Crippen molar-refractivity contribution in [3.63, 3.8) is 0 Å². The summed E-state index contributed by atoms with van der Waals surface area (Å²) < 4.78 is 5.46. The molecular formula is C21H30N4O3. The molecule has 2 N–H and O–H groups in total. The van der Waals surface area contributed by atoms with Crippen LogP contribution in [0.3, 0.4) is 0 Å². The summed E-state index contributed by atoms with van der Waals surface area (Å²) in [6.07, 6.45) is 3.40. The van der Waals surface area contributed by atoms with E-state index >= 15 is 0 Å². The minimum Gasteiger partial charge on any atom is -0.496 e. The summed E-state index contributed by atoms with van der Waals surface area (Å²) in [6.45, 7) is 4.75. The summed E-state index contributed by atoms with van der Waals surface area (Å²) in [5.74, 6) is 1.55. The maximum absolute atomic E-state index is 11.5. The number of nitrogens with one attached hydrogen (secondary N) is 2. The van der Waals surface area contributed by atoms with Gasteiger partial charge in [-0.2, -0.15) is 0 Å². The number of piperidine rings is 1. The Morgan fingerprint density at radius 2 is 2.07 bits per heavy atom. The Morgan fingerprint density at radius 1 is 1.25 bits per heavy atom. The molecule has 0 bridgehead atoms. The average Bonchev–Trinajstić information content (AvgIpc) is 2.66. The molecule has 2 aromatic rings. The van der Waals surface area contributed by atoms with Gasteiger partial charge in [0.2, 0.25) is 0 Å². The summed E-state index contributed by atoms with van der Waals surface area (Å²) in [4.78, 5) is 32.5. The van der Waals surface area contributed by atoms with Crippen LogP contribution in [-0.2, 0) is 13.0 Å². The predicted octanol–water partition coefficient (Wildman–Crippen LogP) is 1.46. The summed E-state index contributed by atoms with van der Waals surface area (Å²) in [6, 6.07) is 9.67. The monoisotopic (exact) mass is 386 g/mol. The van der Waals surface area contributed by atoms with Crippen molar-refractivity contribution in [1.82, 2.24) is 19.8 Å². The number of hydrogen-bond donors (Lipinski definition) is 2. The molecule has 1 unspecified atom stereocenters. The zero-order chi connectivity index (χ0) is 19.9. The van der Waals surface area contributed by atoms with Crippen LogP contribution >= 0.6 is 0 Å². The van der Waals surface area contributed by atoms with Gasteiger partial charge in [-0.15, -0.1) is 0 Å². The molecule has 0 aliphatic carbocycles. The Balaban J connectivity index is 1.50. The topological polar surface area (TPSA) is 81.4 Å². The van der Waals surface area contributed by atoms with E-state index in [2.05, 4.69) is 31.9 Å². The highest BCUT2D eigenvalue weighted by atomic mass is 16.5. The Morgan fingerprint density at radius 3 is 2.86 bits per heavy atom. The van der Waals surface area contributed by atoms with Crippen LogP contribution in [0.2, 0.25) is 0 Å². The SMILES string of the molecule is COc1ccccc1CCN1CCCC(CN(C)Cc2cc(=O)[nH]c(=O)[nH]2)C1. The lowest BCUT2D eigenvalue weighted by molar-refractivity contribution is 0.141. The van der Waals surface area contributed by atoms with Crippen LogP contribution in [0.5, 0.6) is 5.75 Å². The van der Waals surface area contributed by atoms with Crippen molar-refractivity contribution in [3.05, 3.63) is 62.4 Å². The number of aromatic amines is 2. The summed E-state index contributed by atoms with van der Waals surface area (Å²) >= 11 is 0. The van der Waals surface area contributed by atoms with Crippen LogP contribution in [0.4, 0.5) is 0 Å². The van der Waals surface area contributed by atoms with Gasteiger partial charge in [0.1, 0.15) is 5.75 Å². The molecule has 1 aromatic heterocycles. The average molecular weight is 386 g/mol. The van der Waals surface area contributed by atoms with E-state index in [4.69, 9.17) is 4.74 Å². The molecule has 7 heteroatoms. The molecular weight excluding hydrogens is 356 g/mol. The van der Waals surface area contributed by atoms with Crippen LogP contribution in [0.15, 0.2) is 39.9 Å². The van der Waals surface area contributed by atoms with Crippen LogP contribution < -0.4 is 16.0 Å². The van der Waals surface area contributed by atoms with Crippen LogP contribution in [-0.4, -0.2) is 60.1 Å². The van der Waals surface area contributed by atoms with Gasteiger partial charge in [-0.05, 0) is 50.4 Å². The van der Waals surface area contributed by atoms with Crippen molar-refractivity contribution in [1.29, 1.82) is 0 Å². The molecule has 3 rings (SSSR count). The van der Waals surface area contributed by atoms with Crippen molar-refractivity contribution in [2.75, 3.05) is 40.3 Å². The first-order valence-electron chi connectivity index (χ1n) is 9.89. The first-order valence-corrected chi connectivity index (χ1v) is 9.89. The van der Waals surface area contributed by atoms with E-state index in [1.54, 1.807) is 7.11 Å². The highest BCUT2D eigenvalue weighted by Crippen LogP contribution is 2.21. The predicted molar refractivity (Wildman–Crippen MR) is 110 cm³/mol. The Hall–Kier alpha value is -2.38. The fourth-order valence-corrected chi connectivity index (χ4v) is 4.09. The molecule has 1 aliphatic rings. The number of methoxy groups -OCH3 is 1. The second-order valence-corrected chi connectivity index (χ2v) is 7.68. The molecule has 1 atom stereocenters. The van der Waals surface area contributed by atoms with E-state index in [9.17, 15) is 9.59 Å².